The zero-order valence-corrected chi connectivity index (χ0v) is 28.4. The molecule has 0 amide bonds. The van der Waals surface area contributed by atoms with Crippen molar-refractivity contribution in [3.63, 3.8) is 0 Å². The summed E-state index contributed by atoms with van der Waals surface area (Å²) in [6.45, 7) is 0. The topological polar surface area (TPSA) is 38.7 Å². The number of fused-ring (bicyclic) bond motifs is 6. The predicted octanol–water partition coefficient (Wildman–Crippen LogP) is 12.9. The van der Waals surface area contributed by atoms with E-state index in [1.807, 2.05) is 59.1 Å². The first-order chi connectivity index (χ1) is 24.8. The Morgan fingerprint density at radius 3 is 1.16 bits per heavy atom. The van der Waals surface area contributed by atoms with E-state index in [4.69, 9.17) is 15.0 Å². The lowest BCUT2D eigenvalue weighted by Crippen LogP contribution is -2.00. The first-order valence-corrected chi connectivity index (χ1v) is 18.2. The normalized spacial score (nSPS) is 11.6. The van der Waals surface area contributed by atoms with Gasteiger partial charge in [-0.1, -0.05) is 121 Å². The molecule has 0 saturated heterocycles. The maximum Gasteiger partial charge on any atom is 0.164 e. The lowest BCUT2D eigenvalue weighted by molar-refractivity contribution is 1.07. The average molecular weight is 674 g/mol. The lowest BCUT2D eigenvalue weighted by atomic mass is 9.92. The molecule has 5 heteroatoms. The second kappa shape index (κ2) is 11.8. The molecule has 0 aliphatic carbocycles. The van der Waals surface area contributed by atoms with Gasteiger partial charge in [0.15, 0.2) is 17.5 Å². The third-order valence-electron chi connectivity index (χ3n) is 9.32. The van der Waals surface area contributed by atoms with Gasteiger partial charge in [-0.3, -0.25) is 0 Å². The van der Waals surface area contributed by atoms with Crippen LogP contribution in [0, 0.1) is 0 Å². The third kappa shape index (κ3) is 4.90. The van der Waals surface area contributed by atoms with Gasteiger partial charge in [0, 0.05) is 57.0 Å². The van der Waals surface area contributed by atoms with Crippen LogP contribution in [0.2, 0.25) is 0 Å². The zero-order valence-electron chi connectivity index (χ0n) is 26.7. The summed E-state index contributed by atoms with van der Waals surface area (Å²) in [6.07, 6.45) is 0. The Kier molecular flexibility index (Phi) is 6.86. The van der Waals surface area contributed by atoms with E-state index in [2.05, 4.69) is 127 Å². The van der Waals surface area contributed by atoms with Crippen molar-refractivity contribution in [3.8, 4) is 56.4 Å². The van der Waals surface area contributed by atoms with Gasteiger partial charge in [-0.05, 0) is 64.7 Å². The van der Waals surface area contributed by atoms with Crippen LogP contribution in [0.15, 0.2) is 164 Å². The fourth-order valence-electron chi connectivity index (χ4n) is 7.04. The van der Waals surface area contributed by atoms with Crippen molar-refractivity contribution in [3.05, 3.63) is 164 Å². The Morgan fingerprint density at radius 2 is 0.680 bits per heavy atom. The monoisotopic (exact) mass is 673 g/mol. The van der Waals surface area contributed by atoms with Crippen LogP contribution in [-0.2, 0) is 0 Å². The molecular weight excluding hydrogens is 647 g/mol. The van der Waals surface area contributed by atoms with Crippen LogP contribution in [0.5, 0.6) is 0 Å². The molecule has 0 atom stereocenters. The second-order valence-electron chi connectivity index (χ2n) is 12.4. The zero-order chi connectivity index (χ0) is 33.0. The summed E-state index contributed by atoms with van der Waals surface area (Å²) in [7, 11) is 0. The summed E-state index contributed by atoms with van der Waals surface area (Å²) in [4.78, 5) is 15.3. The highest BCUT2D eigenvalue weighted by molar-refractivity contribution is 7.26. The molecule has 0 aliphatic rings. The SMILES string of the molecule is c1ccc(-c2nc(-c3ccccc3)nc(-c3cc(-c4cccc5sc6ccccc6c45)cc(-c4cccc5sc6ccccc6c45)c3)n2)cc1. The van der Waals surface area contributed by atoms with Crippen molar-refractivity contribution in [2.45, 2.75) is 0 Å². The van der Waals surface area contributed by atoms with Gasteiger partial charge in [-0.2, -0.15) is 0 Å². The minimum absolute atomic E-state index is 0.644. The van der Waals surface area contributed by atoms with E-state index in [-0.39, 0.29) is 0 Å². The average Bonchev–Trinajstić information content (AvgIpc) is 3.77. The van der Waals surface area contributed by atoms with E-state index in [1.54, 1.807) is 0 Å². The maximum absolute atomic E-state index is 5.16. The van der Waals surface area contributed by atoms with Crippen molar-refractivity contribution in [1.29, 1.82) is 0 Å². The van der Waals surface area contributed by atoms with E-state index in [0.29, 0.717) is 17.5 Å². The molecule has 0 unspecified atom stereocenters. The molecule has 10 rings (SSSR count). The van der Waals surface area contributed by atoms with Gasteiger partial charge >= 0.3 is 0 Å². The standard InChI is InChI=1S/C45H27N3S2/c1-3-13-28(14-4-1)43-46-44(29-15-5-2-6-16-29)48-45(47-43)32-26-30(33-19-11-23-39-41(33)35-17-7-9-21-37(35)49-39)25-31(27-32)34-20-12-24-40-42(34)36-18-8-10-22-38(36)50-40/h1-27H. The van der Waals surface area contributed by atoms with Crippen molar-refractivity contribution in [2.75, 3.05) is 0 Å². The molecule has 0 N–H and O–H groups in total. The van der Waals surface area contributed by atoms with Crippen LogP contribution in [-0.4, -0.2) is 15.0 Å². The highest BCUT2D eigenvalue weighted by atomic mass is 32.1. The van der Waals surface area contributed by atoms with Crippen molar-refractivity contribution >= 4 is 63.0 Å². The summed E-state index contributed by atoms with van der Waals surface area (Å²) in [5.74, 6) is 1.95. The van der Waals surface area contributed by atoms with Gasteiger partial charge in [0.25, 0.3) is 0 Å². The third-order valence-corrected chi connectivity index (χ3v) is 11.6. The quantitative estimate of drug-likeness (QED) is 0.182. The van der Waals surface area contributed by atoms with Crippen LogP contribution in [0.1, 0.15) is 0 Å². The molecule has 7 aromatic carbocycles. The van der Waals surface area contributed by atoms with E-state index >= 15 is 0 Å². The van der Waals surface area contributed by atoms with E-state index < -0.39 is 0 Å². The minimum Gasteiger partial charge on any atom is -0.208 e. The molecule has 234 valence electrons. The van der Waals surface area contributed by atoms with Gasteiger partial charge < -0.3 is 0 Å². The Morgan fingerprint density at radius 1 is 0.300 bits per heavy atom. The minimum atomic E-state index is 0.644. The molecule has 0 radical (unpaired) electrons. The van der Waals surface area contributed by atoms with Crippen LogP contribution in [0.3, 0.4) is 0 Å². The fourth-order valence-corrected chi connectivity index (χ4v) is 9.30. The van der Waals surface area contributed by atoms with Gasteiger partial charge in [0.1, 0.15) is 0 Å². The van der Waals surface area contributed by atoms with Gasteiger partial charge in [-0.15, -0.1) is 22.7 Å². The Balaban J connectivity index is 1.28. The number of hydrogen-bond acceptors (Lipinski definition) is 5. The molecule has 50 heavy (non-hydrogen) atoms. The molecule has 3 nitrogen and oxygen atoms in total. The largest absolute Gasteiger partial charge is 0.208 e. The molecule has 3 aromatic heterocycles. The number of aromatic nitrogens is 3. The predicted molar refractivity (Wildman–Crippen MR) is 213 cm³/mol. The fraction of sp³-hybridized carbons (Fsp3) is 0. The highest BCUT2D eigenvalue weighted by Crippen LogP contribution is 2.44. The van der Waals surface area contributed by atoms with Gasteiger partial charge in [0.2, 0.25) is 0 Å². The Labute approximate surface area is 296 Å². The first kappa shape index (κ1) is 29.0. The smallest absolute Gasteiger partial charge is 0.164 e. The van der Waals surface area contributed by atoms with Gasteiger partial charge in [0.05, 0.1) is 0 Å². The van der Waals surface area contributed by atoms with Crippen LogP contribution in [0.25, 0.3) is 96.8 Å². The number of rotatable bonds is 5. The summed E-state index contributed by atoms with van der Waals surface area (Å²) in [5, 5.41) is 5.11. The number of benzene rings is 7. The molecule has 3 heterocycles. The maximum atomic E-state index is 5.16. The van der Waals surface area contributed by atoms with Crippen LogP contribution in [0.4, 0.5) is 0 Å². The first-order valence-electron chi connectivity index (χ1n) is 16.6. The summed E-state index contributed by atoms with van der Waals surface area (Å²) >= 11 is 3.69. The number of thiophene rings is 2. The lowest BCUT2D eigenvalue weighted by Gasteiger charge is -2.14. The highest BCUT2D eigenvalue weighted by Gasteiger charge is 2.18. The summed E-state index contributed by atoms with van der Waals surface area (Å²) in [6, 6.07) is 58.0. The van der Waals surface area contributed by atoms with E-state index in [9.17, 15) is 0 Å². The van der Waals surface area contributed by atoms with Crippen LogP contribution >= 0.6 is 22.7 Å². The molecular formula is C45H27N3S2. The number of hydrogen-bond donors (Lipinski definition) is 0. The molecule has 0 saturated carbocycles. The molecule has 0 spiro atoms. The Bertz CT molecular complexity index is 2680. The van der Waals surface area contributed by atoms with Crippen molar-refractivity contribution in [1.82, 2.24) is 15.0 Å². The van der Waals surface area contributed by atoms with Crippen molar-refractivity contribution in [2.24, 2.45) is 0 Å². The van der Waals surface area contributed by atoms with Crippen molar-refractivity contribution < 1.29 is 0 Å². The molecule has 0 bridgehead atoms. The summed E-state index contributed by atoms with van der Waals surface area (Å²) in [5.41, 5.74) is 7.51. The molecule has 10 aromatic rings. The Hall–Kier alpha value is -6.01. The van der Waals surface area contributed by atoms with Crippen LogP contribution < -0.4 is 0 Å². The second-order valence-corrected chi connectivity index (χ2v) is 14.6. The van der Waals surface area contributed by atoms with E-state index in [1.165, 1.54) is 51.5 Å². The van der Waals surface area contributed by atoms with Gasteiger partial charge in [-0.25, -0.2) is 15.0 Å². The summed E-state index contributed by atoms with van der Waals surface area (Å²) < 4.78 is 5.13. The number of nitrogens with zero attached hydrogens (tertiary/aromatic N) is 3. The molecule has 0 aliphatic heterocycles. The molecule has 0 fully saturated rings. The van der Waals surface area contributed by atoms with E-state index in [0.717, 1.165) is 27.8 Å².